The maximum Gasteiger partial charge on any atom is 0.191 e. The summed E-state index contributed by atoms with van der Waals surface area (Å²) in [6.45, 7) is 7.23. The quantitative estimate of drug-likeness (QED) is 0.426. The number of hydrogen-bond donors (Lipinski definition) is 2. The topological polar surface area (TPSA) is 39.7 Å². The van der Waals surface area contributed by atoms with Gasteiger partial charge in [-0.2, -0.15) is 0 Å². The number of nitrogens with one attached hydrogen (secondary N) is 2. The van der Waals surface area contributed by atoms with Crippen molar-refractivity contribution in [1.29, 1.82) is 0 Å². The van der Waals surface area contributed by atoms with Crippen molar-refractivity contribution in [1.82, 2.24) is 15.5 Å². The average molecular weight is 434 g/mol. The van der Waals surface area contributed by atoms with E-state index in [0.717, 1.165) is 31.2 Å². The normalized spacial score (nSPS) is 19.1. The van der Waals surface area contributed by atoms with Crippen molar-refractivity contribution in [2.24, 2.45) is 10.9 Å². The molecule has 6 heteroatoms. The van der Waals surface area contributed by atoms with Gasteiger partial charge < -0.3 is 15.5 Å². The summed E-state index contributed by atoms with van der Waals surface area (Å²) in [6, 6.07) is 6.63. The van der Waals surface area contributed by atoms with E-state index in [1.54, 1.807) is 19.2 Å². The van der Waals surface area contributed by atoms with Crippen LogP contribution in [-0.2, 0) is 6.54 Å². The summed E-state index contributed by atoms with van der Waals surface area (Å²) in [6.07, 6.45) is 2.54. The first-order chi connectivity index (χ1) is 10.7. The zero-order valence-electron chi connectivity index (χ0n) is 14.0. The summed E-state index contributed by atoms with van der Waals surface area (Å²) in [5, 5.41) is 6.62. The molecule has 0 saturated carbocycles. The third-order valence-electron chi connectivity index (χ3n) is 4.18. The fourth-order valence-corrected chi connectivity index (χ4v) is 2.90. The highest BCUT2D eigenvalue weighted by atomic mass is 127. The van der Waals surface area contributed by atoms with Crippen LogP contribution in [-0.4, -0.2) is 44.1 Å². The molecule has 1 aliphatic rings. The summed E-state index contributed by atoms with van der Waals surface area (Å²) in [5.41, 5.74) is 0.915. The van der Waals surface area contributed by atoms with Crippen LogP contribution in [0.5, 0.6) is 0 Å². The second-order valence-corrected chi connectivity index (χ2v) is 5.84. The SMILES string of the molecule is CCN1CCCC(CNC(=NC)NCc2cccc(F)c2)C1.I. The maximum absolute atomic E-state index is 13.2. The highest BCUT2D eigenvalue weighted by Gasteiger charge is 2.18. The molecule has 23 heavy (non-hydrogen) atoms. The molecule has 1 saturated heterocycles. The standard InChI is InChI=1S/C17H27FN4.HI/c1-3-22-9-5-7-15(13-22)12-21-17(19-2)20-11-14-6-4-8-16(18)10-14;/h4,6,8,10,15H,3,5,7,9,11-13H2,1-2H3,(H2,19,20,21);1H. The van der Waals surface area contributed by atoms with Gasteiger partial charge >= 0.3 is 0 Å². The van der Waals surface area contributed by atoms with Crippen molar-refractivity contribution in [3.63, 3.8) is 0 Å². The molecule has 0 spiro atoms. The lowest BCUT2D eigenvalue weighted by atomic mass is 9.98. The number of piperidine rings is 1. The van der Waals surface area contributed by atoms with E-state index in [4.69, 9.17) is 0 Å². The van der Waals surface area contributed by atoms with E-state index in [0.29, 0.717) is 12.5 Å². The number of benzene rings is 1. The van der Waals surface area contributed by atoms with Crippen LogP contribution in [0.4, 0.5) is 4.39 Å². The Labute approximate surface area is 156 Å². The van der Waals surface area contributed by atoms with Gasteiger partial charge in [-0.25, -0.2) is 4.39 Å². The van der Waals surface area contributed by atoms with E-state index < -0.39 is 0 Å². The van der Waals surface area contributed by atoms with Crippen molar-refractivity contribution in [2.45, 2.75) is 26.3 Å². The molecule has 0 bridgehead atoms. The van der Waals surface area contributed by atoms with Crippen molar-refractivity contribution >= 4 is 29.9 Å². The Hall–Kier alpha value is -0.890. The Bertz CT molecular complexity index is 495. The van der Waals surface area contributed by atoms with Crippen LogP contribution in [0.2, 0.25) is 0 Å². The molecule has 0 aliphatic carbocycles. The van der Waals surface area contributed by atoms with Crippen LogP contribution in [0.25, 0.3) is 0 Å². The fraction of sp³-hybridized carbons (Fsp3) is 0.588. The van der Waals surface area contributed by atoms with Crippen LogP contribution in [0, 0.1) is 11.7 Å². The zero-order chi connectivity index (χ0) is 15.8. The lowest BCUT2D eigenvalue weighted by molar-refractivity contribution is 0.183. The second kappa shape index (κ2) is 10.8. The summed E-state index contributed by atoms with van der Waals surface area (Å²) < 4.78 is 13.2. The molecule has 1 aliphatic heterocycles. The molecule has 1 aromatic carbocycles. The van der Waals surface area contributed by atoms with Crippen LogP contribution in [0.15, 0.2) is 29.3 Å². The zero-order valence-corrected chi connectivity index (χ0v) is 16.3. The summed E-state index contributed by atoms with van der Waals surface area (Å²) in [7, 11) is 1.76. The molecular weight excluding hydrogens is 406 g/mol. The Balaban J connectivity index is 0.00000264. The molecule has 0 amide bonds. The van der Waals surface area contributed by atoms with Gasteiger partial charge in [0.05, 0.1) is 0 Å². The van der Waals surface area contributed by atoms with Crippen LogP contribution in [0.1, 0.15) is 25.3 Å². The number of nitrogens with zero attached hydrogens (tertiary/aromatic N) is 2. The Morgan fingerprint density at radius 1 is 1.39 bits per heavy atom. The minimum atomic E-state index is -0.205. The molecule has 1 unspecified atom stereocenters. The monoisotopic (exact) mass is 434 g/mol. The highest BCUT2D eigenvalue weighted by molar-refractivity contribution is 14.0. The summed E-state index contributed by atoms with van der Waals surface area (Å²) >= 11 is 0. The van der Waals surface area contributed by atoms with Gasteiger partial charge in [-0.15, -0.1) is 24.0 Å². The molecule has 0 aromatic heterocycles. The van der Waals surface area contributed by atoms with Crippen LogP contribution in [0.3, 0.4) is 0 Å². The molecule has 0 radical (unpaired) electrons. The third kappa shape index (κ3) is 7.03. The average Bonchev–Trinajstić information content (AvgIpc) is 2.55. The van der Waals surface area contributed by atoms with Gasteiger partial charge in [-0.05, 0) is 49.5 Å². The van der Waals surface area contributed by atoms with Crippen molar-refractivity contribution in [2.75, 3.05) is 33.2 Å². The molecule has 2 rings (SSSR count). The van der Waals surface area contributed by atoms with E-state index in [9.17, 15) is 4.39 Å². The van der Waals surface area contributed by atoms with Crippen molar-refractivity contribution in [3.8, 4) is 0 Å². The first kappa shape index (κ1) is 20.2. The van der Waals surface area contributed by atoms with Gasteiger partial charge in [0.2, 0.25) is 0 Å². The van der Waals surface area contributed by atoms with Gasteiger partial charge in [-0.1, -0.05) is 19.1 Å². The molecule has 2 N–H and O–H groups in total. The maximum atomic E-state index is 13.2. The number of likely N-dealkylation sites (tertiary alicyclic amines) is 1. The first-order valence-electron chi connectivity index (χ1n) is 8.12. The van der Waals surface area contributed by atoms with Gasteiger partial charge in [0, 0.05) is 26.7 Å². The van der Waals surface area contributed by atoms with Gasteiger partial charge in [0.25, 0.3) is 0 Å². The lowest BCUT2D eigenvalue weighted by Crippen LogP contribution is -2.44. The highest BCUT2D eigenvalue weighted by Crippen LogP contribution is 2.15. The second-order valence-electron chi connectivity index (χ2n) is 5.84. The lowest BCUT2D eigenvalue weighted by Gasteiger charge is -2.32. The summed E-state index contributed by atoms with van der Waals surface area (Å²) in [5.74, 6) is 1.24. The van der Waals surface area contributed by atoms with Gasteiger partial charge in [0.1, 0.15) is 5.82 Å². The number of rotatable bonds is 5. The van der Waals surface area contributed by atoms with E-state index in [-0.39, 0.29) is 29.8 Å². The molecule has 1 heterocycles. The van der Waals surface area contributed by atoms with Gasteiger partial charge in [0.15, 0.2) is 5.96 Å². The minimum absolute atomic E-state index is 0. The largest absolute Gasteiger partial charge is 0.356 e. The van der Waals surface area contributed by atoms with Crippen molar-refractivity contribution < 1.29 is 4.39 Å². The molecule has 4 nitrogen and oxygen atoms in total. The molecule has 130 valence electrons. The predicted octanol–water partition coefficient (Wildman–Crippen LogP) is 2.84. The van der Waals surface area contributed by atoms with Gasteiger partial charge in [-0.3, -0.25) is 4.99 Å². The third-order valence-corrected chi connectivity index (χ3v) is 4.18. The van der Waals surface area contributed by atoms with Crippen LogP contribution < -0.4 is 10.6 Å². The molecule has 1 fully saturated rings. The first-order valence-corrected chi connectivity index (χ1v) is 8.12. The summed E-state index contributed by atoms with van der Waals surface area (Å²) in [4.78, 5) is 6.73. The van der Waals surface area contributed by atoms with E-state index in [2.05, 4.69) is 27.4 Å². The molecular formula is C17H28FIN4. The van der Waals surface area contributed by atoms with Crippen molar-refractivity contribution in [3.05, 3.63) is 35.6 Å². The molecule has 1 atom stereocenters. The Morgan fingerprint density at radius 3 is 2.91 bits per heavy atom. The number of aliphatic imine (C=N–C) groups is 1. The smallest absolute Gasteiger partial charge is 0.191 e. The predicted molar refractivity (Wildman–Crippen MR) is 105 cm³/mol. The van der Waals surface area contributed by atoms with E-state index in [1.807, 2.05) is 6.07 Å². The van der Waals surface area contributed by atoms with E-state index in [1.165, 1.54) is 25.5 Å². The van der Waals surface area contributed by atoms with Crippen LogP contribution >= 0.6 is 24.0 Å². The minimum Gasteiger partial charge on any atom is -0.356 e. The number of hydrogen-bond acceptors (Lipinski definition) is 2. The number of halogens is 2. The van der Waals surface area contributed by atoms with E-state index >= 15 is 0 Å². The fourth-order valence-electron chi connectivity index (χ4n) is 2.90. The number of guanidine groups is 1. The molecule has 1 aromatic rings. The Morgan fingerprint density at radius 2 is 2.22 bits per heavy atom. The Kier molecular flexibility index (Phi) is 9.47.